The molecule has 19 heavy (non-hydrogen) atoms. The van der Waals surface area contributed by atoms with E-state index in [4.69, 9.17) is 10.5 Å². The SMILES string of the molecule is COCC(C)N(C)C(=O)c1sc2nnccc2c1N. The Morgan fingerprint density at radius 3 is 3.00 bits per heavy atom. The van der Waals surface area contributed by atoms with Crippen molar-refractivity contribution in [3.63, 3.8) is 0 Å². The summed E-state index contributed by atoms with van der Waals surface area (Å²) >= 11 is 1.27. The summed E-state index contributed by atoms with van der Waals surface area (Å²) in [6.45, 7) is 2.40. The van der Waals surface area contributed by atoms with Crippen LogP contribution in [0.25, 0.3) is 10.2 Å². The predicted octanol–water partition coefficient (Wildman–Crippen LogP) is 1.38. The molecule has 0 aliphatic heterocycles. The second-order valence-electron chi connectivity index (χ2n) is 4.32. The number of carbonyl (C=O) groups excluding carboxylic acids is 1. The van der Waals surface area contributed by atoms with Gasteiger partial charge >= 0.3 is 0 Å². The first-order valence-corrected chi connectivity index (χ1v) is 6.63. The molecule has 0 saturated heterocycles. The maximum atomic E-state index is 12.4. The van der Waals surface area contributed by atoms with Gasteiger partial charge in [0, 0.05) is 19.5 Å². The minimum Gasteiger partial charge on any atom is -0.397 e. The van der Waals surface area contributed by atoms with E-state index in [1.54, 1.807) is 31.3 Å². The number of hydrogen-bond donors (Lipinski definition) is 1. The molecule has 0 bridgehead atoms. The fourth-order valence-electron chi connectivity index (χ4n) is 1.75. The normalized spacial score (nSPS) is 12.6. The number of nitrogens with two attached hydrogens (primary N) is 1. The zero-order valence-electron chi connectivity index (χ0n) is 11.1. The van der Waals surface area contributed by atoms with Crippen LogP contribution in [0.15, 0.2) is 12.3 Å². The maximum Gasteiger partial charge on any atom is 0.266 e. The van der Waals surface area contributed by atoms with Gasteiger partial charge in [0.25, 0.3) is 5.91 Å². The van der Waals surface area contributed by atoms with Gasteiger partial charge in [-0.3, -0.25) is 4.79 Å². The number of likely N-dealkylation sites (N-methyl/N-ethyl adjacent to an activating group) is 1. The Morgan fingerprint density at radius 2 is 2.37 bits per heavy atom. The molecule has 0 saturated carbocycles. The van der Waals surface area contributed by atoms with E-state index < -0.39 is 0 Å². The molecule has 2 aromatic heterocycles. The number of thiophene rings is 1. The fourth-order valence-corrected chi connectivity index (χ4v) is 2.77. The second-order valence-corrected chi connectivity index (χ2v) is 5.31. The molecule has 2 N–H and O–H groups in total. The van der Waals surface area contributed by atoms with Crippen molar-refractivity contribution in [2.75, 3.05) is 26.5 Å². The molecule has 6 nitrogen and oxygen atoms in total. The first kappa shape index (κ1) is 13.7. The van der Waals surface area contributed by atoms with Crippen LogP contribution in [0.3, 0.4) is 0 Å². The monoisotopic (exact) mass is 280 g/mol. The first-order valence-electron chi connectivity index (χ1n) is 5.82. The highest BCUT2D eigenvalue weighted by Gasteiger charge is 2.23. The summed E-state index contributed by atoms with van der Waals surface area (Å²) in [6, 6.07) is 1.75. The maximum absolute atomic E-state index is 12.4. The largest absolute Gasteiger partial charge is 0.397 e. The van der Waals surface area contributed by atoms with Gasteiger partial charge in [-0.05, 0) is 13.0 Å². The van der Waals surface area contributed by atoms with Crippen molar-refractivity contribution in [3.8, 4) is 0 Å². The Bertz CT molecular complexity index is 598. The van der Waals surface area contributed by atoms with E-state index in [-0.39, 0.29) is 11.9 Å². The van der Waals surface area contributed by atoms with Crippen LogP contribution in [0, 0.1) is 0 Å². The van der Waals surface area contributed by atoms with Crippen LogP contribution in [-0.2, 0) is 4.74 Å². The lowest BCUT2D eigenvalue weighted by Gasteiger charge is -2.23. The zero-order valence-corrected chi connectivity index (χ0v) is 11.9. The first-order chi connectivity index (χ1) is 9.06. The molecular weight excluding hydrogens is 264 g/mol. The lowest BCUT2D eigenvalue weighted by atomic mass is 10.2. The summed E-state index contributed by atoms with van der Waals surface area (Å²) in [5, 5.41) is 8.55. The topological polar surface area (TPSA) is 81.3 Å². The van der Waals surface area contributed by atoms with Gasteiger partial charge in [0.1, 0.15) is 9.71 Å². The van der Waals surface area contributed by atoms with Gasteiger partial charge in [0.15, 0.2) is 0 Å². The smallest absolute Gasteiger partial charge is 0.266 e. The third-order valence-electron chi connectivity index (χ3n) is 3.00. The van der Waals surface area contributed by atoms with E-state index in [1.807, 2.05) is 6.92 Å². The van der Waals surface area contributed by atoms with Gasteiger partial charge in [-0.15, -0.1) is 16.4 Å². The third-order valence-corrected chi connectivity index (χ3v) is 4.10. The number of carbonyl (C=O) groups is 1. The van der Waals surface area contributed by atoms with E-state index in [1.165, 1.54) is 11.3 Å². The average Bonchev–Trinajstić information content (AvgIpc) is 2.75. The van der Waals surface area contributed by atoms with Crippen LogP contribution in [0.4, 0.5) is 5.69 Å². The van der Waals surface area contributed by atoms with Crippen LogP contribution in [0.5, 0.6) is 0 Å². The quantitative estimate of drug-likeness (QED) is 0.915. The highest BCUT2D eigenvalue weighted by Crippen LogP contribution is 2.32. The minimum absolute atomic E-state index is 0.0202. The highest BCUT2D eigenvalue weighted by atomic mass is 32.1. The molecule has 0 fully saturated rings. The van der Waals surface area contributed by atoms with Crippen molar-refractivity contribution in [2.45, 2.75) is 13.0 Å². The fraction of sp³-hybridized carbons (Fsp3) is 0.417. The zero-order chi connectivity index (χ0) is 14.0. The highest BCUT2D eigenvalue weighted by molar-refractivity contribution is 7.21. The van der Waals surface area contributed by atoms with Gasteiger partial charge in [-0.2, -0.15) is 5.10 Å². The van der Waals surface area contributed by atoms with Crippen LogP contribution < -0.4 is 5.73 Å². The number of nitrogens with zero attached hydrogens (tertiary/aromatic N) is 3. The predicted molar refractivity (Wildman–Crippen MR) is 75.3 cm³/mol. The van der Waals surface area contributed by atoms with Crippen molar-refractivity contribution < 1.29 is 9.53 Å². The van der Waals surface area contributed by atoms with Crippen molar-refractivity contribution in [3.05, 3.63) is 17.1 Å². The molecule has 1 amide bonds. The number of ether oxygens (including phenoxy) is 1. The molecule has 1 unspecified atom stereocenters. The van der Waals surface area contributed by atoms with Crippen LogP contribution in [0.2, 0.25) is 0 Å². The lowest BCUT2D eigenvalue weighted by Crippen LogP contribution is -2.37. The average molecular weight is 280 g/mol. The van der Waals surface area contributed by atoms with Gasteiger partial charge < -0.3 is 15.4 Å². The van der Waals surface area contributed by atoms with Crippen LogP contribution in [-0.4, -0.2) is 47.8 Å². The molecule has 2 rings (SSSR count). The van der Waals surface area contributed by atoms with Gasteiger partial charge in [0.05, 0.1) is 24.5 Å². The molecule has 1 atom stereocenters. The van der Waals surface area contributed by atoms with E-state index in [0.717, 1.165) is 5.39 Å². The van der Waals surface area contributed by atoms with E-state index in [9.17, 15) is 4.79 Å². The van der Waals surface area contributed by atoms with Gasteiger partial charge in [-0.1, -0.05) is 0 Å². The molecule has 0 radical (unpaired) electrons. The number of hydrogen-bond acceptors (Lipinski definition) is 6. The Morgan fingerprint density at radius 1 is 1.63 bits per heavy atom. The molecule has 102 valence electrons. The molecule has 2 aromatic rings. The summed E-state index contributed by atoms with van der Waals surface area (Å²) in [5.74, 6) is -0.120. The Balaban J connectivity index is 2.33. The van der Waals surface area contributed by atoms with E-state index >= 15 is 0 Å². The summed E-state index contributed by atoms with van der Waals surface area (Å²) in [4.78, 5) is 15.2. The van der Waals surface area contributed by atoms with Crippen molar-refractivity contribution >= 4 is 33.1 Å². The molecule has 7 heteroatoms. The molecule has 0 aromatic carbocycles. The lowest BCUT2D eigenvalue weighted by molar-refractivity contribution is 0.0639. The number of rotatable bonds is 4. The number of nitrogen functional groups attached to an aromatic ring is 1. The summed E-state index contributed by atoms with van der Waals surface area (Å²) < 4.78 is 5.06. The van der Waals surface area contributed by atoms with Gasteiger partial charge in [-0.25, -0.2) is 0 Å². The van der Waals surface area contributed by atoms with Crippen LogP contribution in [0.1, 0.15) is 16.6 Å². The Hall–Kier alpha value is -1.73. The summed E-state index contributed by atoms with van der Waals surface area (Å²) in [5.41, 5.74) is 6.48. The Kier molecular flexibility index (Phi) is 3.96. The number of methoxy groups -OCH3 is 1. The van der Waals surface area contributed by atoms with Crippen molar-refractivity contribution in [1.29, 1.82) is 0 Å². The second kappa shape index (κ2) is 5.50. The van der Waals surface area contributed by atoms with Gasteiger partial charge in [0.2, 0.25) is 0 Å². The minimum atomic E-state index is -0.120. The summed E-state index contributed by atoms with van der Waals surface area (Å²) in [7, 11) is 3.35. The van der Waals surface area contributed by atoms with E-state index in [0.29, 0.717) is 22.0 Å². The molecule has 0 spiro atoms. The Labute approximate surface area is 115 Å². The third kappa shape index (κ3) is 2.52. The van der Waals surface area contributed by atoms with Crippen molar-refractivity contribution in [1.82, 2.24) is 15.1 Å². The number of anilines is 1. The molecule has 0 aliphatic carbocycles. The van der Waals surface area contributed by atoms with Crippen LogP contribution >= 0.6 is 11.3 Å². The van der Waals surface area contributed by atoms with Crippen molar-refractivity contribution in [2.24, 2.45) is 0 Å². The number of amides is 1. The number of fused-ring (bicyclic) bond motifs is 1. The molecule has 0 aliphatic rings. The standard InChI is InChI=1S/C12H16N4O2S/c1-7(6-18-3)16(2)12(17)10-9(13)8-4-5-14-15-11(8)19-10/h4-5,7H,6,13H2,1-3H3. The number of aromatic nitrogens is 2. The molecular formula is C12H16N4O2S. The summed E-state index contributed by atoms with van der Waals surface area (Å²) in [6.07, 6.45) is 1.57. The van der Waals surface area contributed by atoms with E-state index in [2.05, 4.69) is 10.2 Å². The molecule has 2 heterocycles.